The van der Waals surface area contributed by atoms with Gasteiger partial charge in [-0.25, -0.2) is 19.9 Å². The number of ether oxygens (including phenoxy) is 1. The van der Waals surface area contributed by atoms with Gasteiger partial charge in [-0.3, -0.25) is 4.79 Å². The maximum Gasteiger partial charge on any atom is 0.257 e. The van der Waals surface area contributed by atoms with E-state index in [0.717, 1.165) is 5.69 Å². The van der Waals surface area contributed by atoms with E-state index in [1.165, 1.54) is 0 Å². The Labute approximate surface area is 146 Å². The van der Waals surface area contributed by atoms with Crippen LogP contribution < -0.4 is 4.90 Å². The van der Waals surface area contributed by atoms with Crippen LogP contribution in [-0.4, -0.2) is 64.5 Å². The molecule has 1 saturated heterocycles. The number of aromatic nitrogens is 4. The number of rotatable bonds is 3. The van der Waals surface area contributed by atoms with Crippen LogP contribution >= 0.6 is 0 Å². The van der Waals surface area contributed by atoms with Gasteiger partial charge >= 0.3 is 0 Å². The SMILES string of the molecule is Cc1ncc(C(=O)N2CCO[C@@H](c3ccnc(N(C)C)n3)C2)c(C)n1. The highest BCUT2D eigenvalue weighted by atomic mass is 16.5. The minimum atomic E-state index is -0.272. The Hall–Kier alpha value is -2.61. The number of aryl methyl sites for hydroxylation is 2. The van der Waals surface area contributed by atoms with Gasteiger partial charge in [-0.05, 0) is 19.9 Å². The molecule has 0 unspecified atom stereocenters. The fraction of sp³-hybridized carbons (Fsp3) is 0.471. The van der Waals surface area contributed by atoms with Crippen LogP contribution in [0.2, 0.25) is 0 Å². The second-order valence-electron chi connectivity index (χ2n) is 6.20. The molecule has 1 amide bonds. The average Bonchev–Trinajstić information content (AvgIpc) is 2.61. The van der Waals surface area contributed by atoms with Crippen molar-refractivity contribution in [3.8, 4) is 0 Å². The zero-order valence-electron chi connectivity index (χ0n) is 14.9. The van der Waals surface area contributed by atoms with Gasteiger partial charge in [0.1, 0.15) is 11.9 Å². The van der Waals surface area contributed by atoms with E-state index in [0.29, 0.717) is 42.7 Å². The largest absolute Gasteiger partial charge is 0.368 e. The molecular weight excluding hydrogens is 320 g/mol. The highest BCUT2D eigenvalue weighted by Crippen LogP contribution is 2.23. The number of hydrogen-bond donors (Lipinski definition) is 0. The lowest BCUT2D eigenvalue weighted by atomic mass is 10.1. The smallest absolute Gasteiger partial charge is 0.257 e. The molecule has 1 fully saturated rings. The number of morpholine rings is 1. The van der Waals surface area contributed by atoms with Crippen LogP contribution in [0.1, 0.15) is 33.7 Å². The van der Waals surface area contributed by atoms with Crippen molar-refractivity contribution in [1.82, 2.24) is 24.8 Å². The third kappa shape index (κ3) is 3.74. The highest BCUT2D eigenvalue weighted by molar-refractivity contribution is 5.95. The van der Waals surface area contributed by atoms with E-state index in [1.807, 2.05) is 38.9 Å². The summed E-state index contributed by atoms with van der Waals surface area (Å²) in [6.07, 6.45) is 3.03. The average molecular weight is 342 g/mol. The van der Waals surface area contributed by atoms with E-state index in [1.54, 1.807) is 17.3 Å². The number of hydrogen-bond acceptors (Lipinski definition) is 7. The first-order valence-electron chi connectivity index (χ1n) is 8.17. The van der Waals surface area contributed by atoms with Gasteiger partial charge in [0, 0.05) is 33.0 Å². The summed E-state index contributed by atoms with van der Waals surface area (Å²) >= 11 is 0. The Balaban J connectivity index is 1.79. The normalized spacial score (nSPS) is 17.4. The standard InChI is InChI=1S/C17H22N6O2/c1-11-13(9-19-12(2)20-11)16(24)23-7-8-25-15(10-23)14-5-6-18-17(21-14)22(3)4/h5-6,9,15H,7-8,10H2,1-4H3/t15-/m1/s1. The van der Waals surface area contributed by atoms with Crippen LogP contribution in [0.3, 0.4) is 0 Å². The summed E-state index contributed by atoms with van der Waals surface area (Å²) < 4.78 is 5.83. The monoisotopic (exact) mass is 342 g/mol. The number of carbonyl (C=O) groups is 1. The Morgan fingerprint density at radius 1 is 1.28 bits per heavy atom. The Morgan fingerprint density at radius 2 is 2.08 bits per heavy atom. The van der Waals surface area contributed by atoms with Gasteiger partial charge in [0.25, 0.3) is 5.91 Å². The van der Waals surface area contributed by atoms with Gasteiger partial charge in [0.2, 0.25) is 5.95 Å². The van der Waals surface area contributed by atoms with Crippen molar-refractivity contribution in [3.63, 3.8) is 0 Å². The summed E-state index contributed by atoms with van der Waals surface area (Å²) in [4.78, 5) is 33.6. The van der Waals surface area contributed by atoms with Gasteiger partial charge < -0.3 is 14.5 Å². The molecule has 0 N–H and O–H groups in total. The van der Waals surface area contributed by atoms with Crippen molar-refractivity contribution in [1.29, 1.82) is 0 Å². The van der Waals surface area contributed by atoms with E-state index < -0.39 is 0 Å². The van der Waals surface area contributed by atoms with E-state index in [9.17, 15) is 4.79 Å². The maximum absolute atomic E-state index is 12.8. The fourth-order valence-electron chi connectivity index (χ4n) is 2.73. The summed E-state index contributed by atoms with van der Waals surface area (Å²) in [5.41, 5.74) is 1.99. The first-order valence-corrected chi connectivity index (χ1v) is 8.17. The molecule has 0 spiro atoms. The fourth-order valence-corrected chi connectivity index (χ4v) is 2.73. The summed E-state index contributed by atoms with van der Waals surface area (Å²) in [5, 5.41) is 0. The predicted molar refractivity (Wildman–Crippen MR) is 92.5 cm³/mol. The first kappa shape index (κ1) is 17.2. The molecule has 25 heavy (non-hydrogen) atoms. The van der Waals surface area contributed by atoms with E-state index >= 15 is 0 Å². The molecule has 3 rings (SSSR count). The third-order valence-electron chi connectivity index (χ3n) is 4.08. The lowest BCUT2D eigenvalue weighted by molar-refractivity contribution is -0.0248. The zero-order valence-corrected chi connectivity index (χ0v) is 14.9. The van der Waals surface area contributed by atoms with Crippen LogP contribution in [0.25, 0.3) is 0 Å². The van der Waals surface area contributed by atoms with Crippen LogP contribution in [-0.2, 0) is 4.74 Å². The molecular formula is C17H22N6O2. The summed E-state index contributed by atoms with van der Waals surface area (Å²) in [5.74, 6) is 1.20. The van der Waals surface area contributed by atoms with Gasteiger partial charge in [-0.15, -0.1) is 0 Å². The third-order valence-corrected chi connectivity index (χ3v) is 4.08. The molecule has 2 aromatic heterocycles. The van der Waals surface area contributed by atoms with E-state index in [4.69, 9.17) is 4.74 Å². The van der Waals surface area contributed by atoms with Crippen molar-refractivity contribution < 1.29 is 9.53 Å². The topological polar surface area (TPSA) is 84.3 Å². The van der Waals surface area contributed by atoms with Crippen LogP contribution in [0, 0.1) is 13.8 Å². The molecule has 0 bridgehead atoms. The van der Waals surface area contributed by atoms with Crippen LogP contribution in [0.4, 0.5) is 5.95 Å². The number of anilines is 1. The Morgan fingerprint density at radius 3 is 2.80 bits per heavy atom. The van der Waals surface area contributed by atoms with Gasteiger partial charge in [-0.1, -0.05) is 0 Å². The molecule has 8 heteroatoms. The minimum Gasteiger partial charge on any atom is -0.368 e. The quantitative estimate of drug-likeness (QED) is 0.827. The second-order valence-corrected chi connectivity index (χ2v) is 6.20. The Kier molecular flexibility index (Phi) is 4.89. The second kappa shape index (κ2) is 7.10. The lowest BCUT2D eigenvalue weighted by Gasteiger charge is -2.33. The Bertz CT molecular complexity index is 779. The molecule has 2 aromatic rings. The van der Waals surface area contributed by atoms with Crippen molar-refractivity contribution in [2.75, 3.05) is 38.7 Å². The molecule has 0 aliphatic carbocycles. The van der Waals surface area contributed by atoms with Crippen molar-refractivity contribution in [2.24, 2.45) is 0 Å². The first-order chi connectivity index (χ1) is 12.0. The summed E-state index contributed by atoms with van der Waals surface area (Å²) in [6.45, 7) is 5.07. The molecule has 1 atom stereocenters. The highest BCUT2D eigenvalue weighted by Gasteiger charge is 2.28. The van der Waals surface area contributed by atoms with Crippen molar-refractivity contribution >= 4 is 11.9 Å². The molecule has 1 aliphatic heterocycles. The molecule has 1 aliphatic rings. The number of amides is 1. The molecule has 8 nitrogen and oxygen atoms in total. The van der Waals surface area contributed by atoms with Crippen LogP contribution in [0.5, 0.6) is 0 Å². The van der Waals surface area contributed by atoms with Gasteiger partial charge in [-0.2, -0.15) is 0 Å². The summed E-state index contributed by atoms with van der Waals surface area (Å²) in [7, 11) is 3.77. The van der Waals surface area contributed by atoms with Gasteiger partial charge in [0.05, 0.1) is 30.1 Å². The lowest BCUT2D eigenvalue weighted by Crippen LogP contribution is -2.42. The number of carbonyl (C=O) groups excluding carboxylic acids is 1. The van der Waals surface area contributed by atoms with Crippen molar-refractivity contribution in [2.45, 2.75) is 20.0 Å². The minimum absolute atomic E-state index is 0.0762. The number of nitrogens with zero attached hydrogens (tertiary/aromatic N) is 6. The molecule has 0 saturated carbocycles. The maximum atomic E-state index is 12.8. The van der Waals surface area contributed by atoms with E-state index in [2.05, 4.69) is 19.9 Å². The molecule has 132 valence electrons. The predicted octanol–water partition coefficient (Wildman–Crippen LogP) is 1.16. The van der Waals surface area contributed by atoms with E-state index in [-0.39, 0.29) is 12.0 Å². The molecule has 3 heterocycles. The summed E-state index contributed by atoms with van der Waals surface area (Å²) in [6, 6.07) is 1.83. The van der Waals surface area contributed by atoms with Crippen molar-refractivity contribution in [3.05, 3.63) is 41.2 Å². The van der Waals surface area contributed by atoms with Crippen LogP contribution in [0.15, 0.2) is 18.5 Å². The van der Waals surface area contributed by atoms with Gasteiger partial charge in [0.15, 0.2) is 0 Å². The molecule has 0 aromatic carbocycles. The zero-order chi connectivity index (χ0) is 18.0. The molecule has 0 radical (unpaired) electrons.